The van der Waals surface area contributed by atoms with Crippen LogP contribution in [0.5, 0.6) is 5.88 Å². The Morgan fingerprint density at radius 2 is 1.72 bits per heavy atom. The van der Waals surface area contributed by atoms with Crippen LogP contribution in [0.2, 0.25) is 5.02 Å². The van der Waals surface area contributed by atoms with E-state index in [1.165, 1.54) is 0 Å². The highest BCUT2D eigenvalue weighted by atomic mass is 35.5. The molecule has 1 amide bonds. The smallest absolute Gasteiger partial charge is 0.329 e. The number of benzene rings is 3. The van der Waals surface area contributed by atoms with E-state index in [2.05, 4.69) is 10.3 Å². The van der Waals surface area contributed by atoms with Crippen LogP contribution in [0.3, 0.4) is 0 Å². The lowest BCUT2D eigenvalue weighted by Crippen LogP contribution is -2.25. The number of aromatic hydroxyl groups is 1. The van der Waals surface area contributed by atoms with Crippen molar-refractivity contribution in [2.75, 3.05) is 5.32 Å². The van der Waals surface area contributed by atoms with Crippen molar-refractivity contribution in [2.24, 2.45) is 0 Å². The van der Waals surface area contributed by atoms with Gasteiger partial charge in [-0.2, -0.15) is 0 Å². The minimum absolute atomic E-state index is 0.0873. The average molecular weight is 450 g/mol. The molecule has 0 spiro atoms. The summed E-state index contributed by atoms with van der Waals surface area (Å²) in [5.74, 6) is -0.985. The quantitative estimate of drug-likeness (QED) is 0.358. The number of rotatable bonds is 6. The number of nitrogens with one attached hydrogen (secondary N) is 2. The fourth-order valence-electron chi connectivity index (χ4n) is 3.38. The fraction of sp³-hybridized carbons (Fsp3) is 0.0833. The van der Waals surface area contributed by atoms with Gasteiger partial charge < -0.3 is 20.5 Å². The number of aromatic nitrogens is 2. The number of anilines is 1. The Balaban J connectivity index is 1.57. The van der Waals surface area contributed by atoms with Crippen LogP contribution in [-0.4, -0.2) is 25.7 Å². The van der Waals surface area contributed by atoms with Gasteiger partial charge >= 0.3 is 5.69 Å². The predicted molar refractivity (Wildman–Crippen MR) is 123 cm³/mol. The zero-order chi connectivity index (χ0) is 22.7. The third-order valence-electron chi connectivity index (χ3n) is 5.00. The number of imidazole rings is 1. The van der Waals surface area contributed by atoms with Crippen LogP contribution < -0.4 is 11.0 Å². The second-order valence-corrected chi connectivity index (χ2v) is 7.64. The molecule has 0 fully saturated rings. The number of amides is 1. The molecular weight excluding hydrogens is 430 g/mol. The van der Waals surface area contributed by atoms with Gasteiger partial charge in [0.25, 0.3) is 0 Å². The summed E-state index contributed by atoms with van der Waals surface area (Å²) >= 11 is 5.94. The van der Waals surface area contributed by atoms with Gasteiger partial charge in [-0.05, 0) is 47.0 Å². The van der Waals surface area contributed by atoms with Crippen LogP contribution >= 0.6 is 11.6 Å². The van der Waals surface area contributed by atoms with Crippen LogP contribution in [-0.2, 0) is 11.3 Å². The molecule has 1 atom stereocenters. The van der Waals surface area contributed by atoms with Crippen LogP contribution in [0, 0.1) is 0 Å². The number of carbonyl (C=O) groups excluding carboxylic acids is 1. The third-order valence-corrected chi connectivity index (χ3v) is 5.25. The van der Waals surface area contributed by atoms with Crippen LogP contribution in [0.15, 0.2) is 83.7 Å². The molecule has 0 bridgehead atoms. The van der Waals surface area contributed by atoms with Crippen molar-refractivity contribution in [3.8, 4) is 17.0 Å². The molecule has 4 N–H and O–H groups in total. The molecule has 32 heavy (non-hydrogen) atoms. The van der Waals surface area contributed by atoms with E-state index in [0.717, 1.165) is 15.7 Å². The Bertz CT molecular complexity index is 1300. The van der Waals surface area contributed by atoms with E-state index in [1.807, 2.05) is 24.3 Å². The molecule has 162 valence electrons. The minimum Gasteiger partial charge on any atom is -0.493 e. The fourth-order valence-corrected chi connectivity index (χ4v) is 3.51. The van der Waals surface area contributed by atoms with Crippen molar-refractivity contribution >= 4 is 23.2 Å². The summed E-state index contributed by atoms with van der Waals surface area (Å²) in [5, 5.41) is 24.6. The van der Waals surface area contributed by atoms with Crippen molar-refractivity contribution in [1.82, 2.24) is 9.55 Å². The SMILES string of the molecule is O=C(Cn1c(O)c(C(O)c2cccc(-c3ccc(Cl)cc3)c2)[nH]c1=O)Nc1ccccc1. The maximum Gasteiger partial charge on any atom is 0.329 e. The highest BCUT2D eigenvalue weighted by Crippen LogP contribution is 2.30. The zero-order valence-electron chi connectivity index (χ0n) is 16.8. The third kappa shape index (κ3) is 4.59. The highest BCUT2D eigenvalue weighted by molar-refractivity contribution is 6.30. The summed E-state index contributed by atoms with van der Waals surface area (Å²) < 4.78 is 0.875. The largest absolute Gasteiger partial charge is 0.493 e. The molecular formula is C24H20ClN3O4. The number of nitrogens with zero attached hydrogens (tertiary/aromatic N) is 1. The standard InChI is InChI=1S/C24H20ClN3O4/c25-18-11-9-15(10-12-18)16-5-4-6-17(13-16)22(30)21-23(31)28(24(32)27-21)14-20(29)26-19-7-2-1-3-8-19/h1-13,22,30-31H,14H2,(H,26,29)(H,27,32). The number of carbonyl (C=O) groups is 1. The summed E-state index contributed by atoms with van der Waals surface area (Å²) in [6.07, 6.45) is -1.30. The first-order valence-corrected chi connectivity index (χ1v) is 10.2. The number of hydrogen-bond donors (Lipinski definition) is 4. The van der Waals surface area contributed by atoms with Crippen LogP contribution in [0.4, 0.5) is 5.69 Å². The molecule has 1 unspecified atom stereocenters. The molecule has 0 saturated carbocycles. The zero-order valence-corrected chi connectivity index (χ0v) is 17.6. The maximum absolute atomic E-state index is 12.3. The van der Waals surface area contributed by atoms with Gasteiger partial charge in [-0.3, -0.25) is 9.36 Å². The predicted octanol–water partition coefficient (Wildman–Crippen LogP) is 3.92. The van der Waals surface area contributed by atoms with E-state index in [1.54, 1.807) is 54.6 Å². The van der Waals surface area contributed by atoms with Crippen molar-refractivity contribution in [3.05, 3.63) is 106 Å². The van der Waals surface area contributed by atoms with Gasteiger partial charge in [-0.1, -0.05) is 60.1 Å². The van der Waals surface area contributed by atoms with E-state index in [-0.39, 0.29) is 5.69 Å². The Hall–Kier alpha value is -3.81. The lowest BCUT2D eigenvalue weighted by atomic mass is 9.99. The first-order chi connectivity index (χ1) is 15.4. The number of aliphatic hydroxyl groups excluding tert-OH is 1. The van der Waals surface area contributed by atoms with Gasteiger partial charge in [0, 0.05) is 10.7 Å². The van der Waals surface area contributed by atoms with Gasteiger partial charge in [0.1, 0.15) is 18.3 Å². The van der Waals surface area contributed by atoms with Crippen molar-refractivity contribution in [3.63, 3.8) is 0 Å². The number of para-hydroxylation sites is 1. The number of H-pyrrole nitrogens is 1. The number of aliphatic hydroxyl groups is 1. The van der Waals surface area contributed by atoms with E-state index in [9.17, 15) is 19.8 Å². The number of aromatic amines is 1. The minimum atomic E-state index is -1.30. The summed E-state index contributed by atoms with van der Waals surface area (Å²) in [6.45, 7) is -0.409. The monoisotopic (exact) mass is 449 g/mol. The molecule has 7 nitrogen and oxygen atoms in total. The van der Waals surface area contributed by atoms with E-state index in [4.69, 9.17) is 11.6 Å². The molecule has 4 aromatic rings. The van der Waals surface area contributed by atoms with Gasteiger partial charge in [-0.25, -0.2) is 4.79 Å². The number of hydrogen-bond acceptors (Lipinski definition) is 4. The second kappa shape index (κ2) is 9.13. The van der Waals surface area contributed by atoms with Gasteiger partial charge in [0.15, 0.2) is 0 Å². The second-order valence-electron chi connectivity index (χ2n) is 7.20. The Morgan fingerprint density at radius 1 is 1.00 bits per heavy atom. The molecule has 0 aliphatic rings. The molecule has 1 heterocycles. The van der Waals surface area contributed by atoms with Crippen molar-refractivity contribution in [2.45, 2.75) is 12.6 Å². The van der Waals surface area contributed by atoms with Crippen molar-refractivity contribution < 1.29 is 15.0 Å². The molecule has 1 aromatic heterocycles. The molecule has 0 saturated heterocycles. The molecule has 4 rings (SSSR count). The first kappa shape index (κ1) is 21.4. The Morgan fingerprint density at radius 3 is 2.44 bits per heavy atom. The maximum atomic E-state index is 12.3. The topological polar surface area (TPSA) is 107 Å². The lowest BCUT2D eigenvalue weighted by molar-refractivity contribution is -0.116. The van der Waals surface area contributed by atoms with E-state index >= 15 is 0 Å². The normalized spacial score (nSPS) is 11.8. The van der Waals surface area contributed by atoms with E-state index in [0.29, 0.717) is 16.3 Å². The van der Waals surface area contributed by atoms with Crippen LogP contribution in [0.1, 0.15) is 17.4 Å². The van der Waals surface area contributed by atoms with Gasteiger partial charge in [0.05, 0.1) is 0 Å². The molecule has 0 aliphatic heterocycles. The van der Waals surface area contributed by atoms with E-state index < -0.39 is 30.1 Å². The van der Waals surface area contributed by atoms with Crippen LogP contribution in [0.25, 0.3) is 11.1 Å². The summed E-state index contributed by atoms with van der Waals surface area (Å²) in [5.41, 5.74) is 1.98. The Labute approximate surface area is 188 Å². The molecule has 0 radical (unpaired) electrons. The Kier molecular flexibility index (Phi) is 6.11. The summed E-state index contributed by atoms with van der Waals surface area (Å²) in [6, 6.07) is 23.1. The molecule has 0 aliphatic carbocycles. The lowest BCUT2D eigenvalue weighted by Gasteiger charge is -2.12. The number of halogens is 1. The van der Waals surface area contributed by atoms with Gasteiger partial charge in [0.2, 0.25) is 11.8 Å². The summed E-state index contributed by atoms with van der Waals surface area (Å²) in [4.78, 5) is 27.1. The van der Waals surface area contributed by atoms with Crippen molar-refractivity contribution in [1.29, 1.82) is 0 Å². The highest BCUT2D eigenvalue weighted by Gasteiger charge is 2.23. The summed E-state index contributed by atoms with van der Waals surface area (Å²) in [7, 11) is 0. The molecule has 8 heteroatoms. The van der Waals surface area contributed by atoms with Gasteiger partial charge in [-0.15, -0.1) is 0 Å². The average Bonchev–Trinajstić information content (AvgIpc) is 3.08. The first-order valence-electron chi connectivity index (χ1n) is 9.83. The molecule has 3 aromatic carbocycles.